The fraction of sp³-hybridized carbons (Fsp3) is 0.167. The Labute approximate surface area is 88.3 Å². The van der Waals surface area contributed by atoms with Crippen molar-refractivity contribution in [2.24, 2.45) is 5.73 Å². The van der Waals surface area contributed by atoms with Crippen molar-refractivity contribution in [2.45, 2.75) is 13.3 Å². The van der Waals surface area contributed by atoms with Crippen LogP contribution in [0.2, 0.25) is 0 Å². The van der Waals surface area contributed by atoms with Crippen LogP contribution in [-0.4, -0.2) is 11.7 Å². The first kappa shape index (κ1) is 11.0. The van der Waals surface area contributed by atoms with Gasteiger partial charge in [0.1, 0.15) is 0 Å². The third-order valence-corrected chi connectivity index (χ3v) is 1.79. The van der Waals surface area contributed by atoms with E-state index in [1.54, 1.807) is 24.3 Å². The lowest BCUT2D eigenvalue weighted by molar-refractivity contribution is -0.117. The molecule has 0 aromatic heterocycles. The summed E-state index contributed by atoms with van der Waals surface area (Å²) in [7, 11) is 0. The highest BCUT2D eigenvalue weighted by Crippen LogP contribution is 2.03. The molecule has 3 nitrogen and oxygen atoms in total. The summed E-state index contributed by atoms with van der Waals surface area (Å²) in [5.41, 5.74) is 6.35. The first-order valence-corrected chi connectivity index (χ1v) is 4.48. The Balaban J connectivity index is 2.75. The van der Waals surface area contributed by atoms with Crippen LogP contribution >= 0.6 is 0 Å². The molecule has 15 heavy (non-hydrogen) atoms. The Morgan fingerprint density at radius 2 is 1.87 bits per heavy atom. The molecule has 1 aromatic carbocycles. The maximum atomic E-state index is 11.0. The van der Waals surface area contributed by atoms with Crippen molar-refractivity contribution in [1.82, 2.24) is 0 Å². The van der Waals surface area contributed by atoms with Gasteiger partial charge in [-0.05, 0) is 19.1 Å². The molecular formula is C12H11NO2. The minimum Gasteiger partial charge on any atom is -0.369 e. The molecule has 0 fully saturated rings. The molecule has 2 N–H and O–H groups in total. The zero-order valence-corrected chi connectivity index (χ0v) is 8.41. The predicted molar refractivity (Wildman–Crippen MR) is 57.1 cm³/mol. The average molecular weight is 201 g/mol. The minimum atomic E-state index is -0.442. The fourth-order valence-corrected chi connectivity index (χ4v) is 1.02. The quantitative estimate of drug-likeness (QED) is 0.575. The van der Waals surface area contributed by atoms with Crippen LogP contribution in [0, 0.1) is 11.8 Å². The van der Waals surface area contributed by atoms with E-state index in [9.17, 15) is 9.59 Å². The van der Waals surface area contributed by atoms with Crippen LogP contribution in [0.25, 0.3) is 0 Å². The van der Waals surface area contributed by atoms with Gasteiger partial charge in [-0.25, -0.2) is 0 Å². The summed E-state index contributed by atoms with van der Waals surface area (Å²) >= 11 is 0. The third kappa shape index (κ3) is 3.65. The number of carbonyl (C=O) groups is 2. The van der Waals surface area contributed by atoms with Crippen molar-refractivity contribution in [1.29, 1.82) is 0 Å². The SMILES string of the molecule is CC(=O)c1ccc(C#CCC(N)=O)cc1. The number of ketones is 1. The second kappa shape index (κ2) is 4.97. The highest BCUT2D eigenvalue weighted by atomic mass is 16.1. The maximum absolute atomic E-state index is 11.0. The molecule has 0 saturated heterocycles. The molecule has 0 aliphatic heterocycles. The van der Waals surface area contributed by atoms with E-state index in [0.717, 1.165) is 5.56 Å². The fourth-order valence-electron chi connectivity index (χ4n) is 1.02. The van der Waals surface area contributed by atoms with Crippen LogP contribution in [0.15, 0.2) is 24.3 Å². The number of amides is 1. The molecule has 0 atom stereocenters. The van der Waals surface area contributed by atoms with Gasteiger partial charge in [0.05, 0.1) is 6.42 Å². The molecule has 1 aromatic rings. The number of hydrogen-bond acceptors (Lipinski definition) is 2. The summed E-state index contributed by atoms with van der Waals surface area (Å²) in [4.78, 5) is 21.4. The van der Waals surface area contributed by atoms with Gasteiger partial charge in [-0.2, -0.15) is 0 Å². The second-order valence-electron chi connectivity index (χ2n) is 3.08. The molecule has 0 unspecified atom stereocenters. The van der Waals surface area contributed by atoms with Crippen molar-refractivity contribution in [3.63, 3.8) is 0 Å². The third-order valence-electron chi connectivity index (χ3n) is 1.79. The van der Waals surface area contributed by atoms with Crippen LogP contribution < -0.4 is 5.73 Å². The normalized spacial score (nSPS) is 8.87. The Hall–Kier alpha value is -2.08. The van der Waals surface area contributed by atoms with E-state index < -0.39 is 5.91 Å². The molecule has 1 rings (SSSR count). The monoisotopic (exact) mass is 201 g/mol. The summed E-state index contributed by atoms with van der Waals surface area (Å²) in [5.74, 6) is 5.00. The molecule has 0 aliphatic rings. The molecule has 3 heteroatoms. The molecule has 0 heterocycles. The lowest BCUT2D eigenvalue weighted by atomic mass is 10.1. The van der Waals surface area contributed by atoms with E-state index in [2.05, 4.69) is 11.8 Å². The summed E-state index contributed by atoms with van der Waals surface area (Å²) in [5, 5.41) is 0. The number of primary amides is 1. The molecular weight excluding hydrogens is 190 g/mol. The molecule has 1 amide bonds. The summed E-state index contributed by atoms with van der Waals surface area (Å²) in [6.07, 6.45) is 0.0501. The minimum absolute atomic E-state index is 0.0200. The van der Waals surface area contributed by atoms with E-state index in [4.69, 9.17) is 5.73 Å². The summed E-state index contributed by atoms with van der Waals surface area (Å²) < 4.78 is 0. The number of nitrogens with two attached hydrogens (primary N) is 1. The molecule has 0 saturated carbocycles. The van der Waals surface area contributed by atoms with Crippen LogP contribution in [-0.2, 0) is 4.79 Å². The van der Waals surface area contributed by atoms with Gasteiger partial charge in [-0.15, -0.1) is 0 Å². The van der Waals surface area contributed by atoms with Gasteiger partial charge in [-0.1, -0.05) is 24.0 Å². The van der Waals surface area contributed by atoms with E-state index in [0.29, 0.717) is 5.56 Å². The van der Waals surface area contributed by atoms with Crippen LogP contribution in [0.4, 0.5) is 0 Å². The van der Waals surface area contributed by atoms with Crippen LogP contribution in [0.1, 0.15) is 29.3 Å². The van der Waals surface area contributed by atoms with Crippen LogP contribution in [0.3, 0.4) is 0 Å². The maximum Gasteiger partial charge on any atom is 0.229 e. The number of carbonyl (C=O) groups excluding carboxylic acids is 2. The van der Waals surface area contributed by atoms with Crippen molar-refractivity contribution >= 4 is 11.7 Å². The number of rotatable bonds is 2. The molecule has 0 aliphatic carbocycles. The van der Waals surface area contributed by atoms with Crippen molar-refractivity contribution in [2.75, 3.05) is 0 Å². The Morgan fingerprint density at radius 1 is 1.27 bits per heavy atom. The number of benzene rings is 1. The van der Waals surface area contributed by atoms with E-state index in [1.165, 1.54) is 6.92 Å². The van der Waals surface area contributed by atoms with Gasteiger partial charge >= 0.3 is 0 Å². The highest BCUT2D eigenvalue weighted by Gasteiger charge is 1.96. The molecule has 0 bridgehead atoms. The van der Waals surface area contributed by atoms with E-state index >= 15 is 0 Å². The van der Waals surface area contributed by atoms with E-state index in [-0.39, 0.29) is 12.2 Å². The van der Waals surface area contributed by atoms with Gasteiger partial charge in [-0.3, -0.25) is 9.59 Å². The van der Waals surface area contributed by atoms with Crippen molar-refractivity contribution < 1.29 is 9.59 Å². The molecule has 0 spiro atoms. The van der Waals surface area contributed by atoms with Gasteiger partial charge in [0.25, 0.3) is 0 Å². The zero-order valence-electron chi connectivity index (χ0n) is 8.41. The largest absolute Gasteiger partial charge is 0.369 e. The van der Waals surface area contributed by atoms with Crippen LogP contribution in [0.5, 0.6) is 0 Å². The van der Waals surface area contributed by atoms with Gasteiger partial charge < -0.3 is 5.73 Å². The van der Waals surface area contributed by atoms with Gasteiger partial charge in [0, 0.05) is 11.1 Å². The molecule has 0 radical (unpaired) electrons. The second-order valence-corrected chi connectivity index (χ2v) is 3.08. The molecule has 76 valence electrons. The Morgan fingerprint density at radius 3 is 2.33 bits per heavy atom. The Kier molecular flexibility index (Phi) is 3.64. The topological polar surface area (TPSA) is 60.2 Å². The highest BCUT2D eigenvalue weighted by molar-refractivity contribution is 5.94. The van der Waals surface area contributed by atoms with E-state index in [1.807, 2.05) is 0 Å². The summed E-state index contributed by atoms with van der Waals surface area (Å²) in [6, 6.07) is 6.89. The first-order valence-electron chi connectivity index (χ1n) is 4.48. The number of Topliss-reactive ketones (excluding diaryl/α,β-unsaturated/α-hetero) is 1. The smallest absolute Gasteiger partial charge is 0.229 e. The number of hydrogen-bond donors (Lipinski definition) is 1. The Bertz CT molecular complexity index is 435. The van der Waals surface area contributed by atoms with Crippen molar-refractivity contribution in [3.05, 3.63) is 35.4 Å². The predicted octanol–water partition coefficient (Wildman–Crippen LogP) is 1.12. The lowest BCUT2D eigenvalue weighted by Crippen LogP contribution is -2.08. The van der Waals surface area contributed by atoms with Gasteiger partial charge in [0.2, 0.25) is 5.91 Å². The van der Waals surface area contributed by atoms with Gasteiger partial charge in [0.15, 0.2) is 5.78 Å². The average Bonchev–Trinajstić information content (AvgIpc) is 2.18. The lowest BCUT2D eigenvalue weighted by Gasteiger charge is -1.94. The van der Waals surface area contributed by atoms with Crippen molar-refractivity contribution in [3.8, 4) is 11.8 Å². The zero-order chi connectivity index (χ0) is 11.3. The summed E-state index contributed by atoms with van der Waals surface area (Å²) in [6.45, 7) is 1.51. The standard InChI is InChI=1S/C12H11NO2/c1-9(14)11-7-5-10(6-8-11)3-2-4-12(13)15/h5-8H,4H2,1H3,(H2,13,15). The first-order chi connectivity index (χ1) is 7.09.